The summed E-state index contributed by atoms with van der Waals surface area (Å²) in [6, 6.07) is 7.81. The van der Waals surface area contributed by atoms with Gasteiger partial charge in [-0.2, -0.15) is 5.26 Å². The number of amides is 1. The molecular weight excluding hydrogens is 411 g/mol. The topological polar surface area (TPSA) is 101 Å². The molecule has 1 aliphatic carbocycles. The maximum Gasteiger partial charge on any atom is 0.269 e. The third-order valence-electron chi connectivity index (χ3n) is 6.21. The number of hydrogen-bond acceptors (Lipinski definition) is 5. The number of aromatic nitrogens is 2. The molecule has 1 amide bonds. The van der Waals surface area contributed by atoms with Crippen LogP contribution in [0.15, 0.2) is 45.9 Å². The molecule has 1 saturated carbocycles. The molecule has 32 heavy (non-hydrogen) atoms. The summed E-state index contributed by atoms with van der Waals surface area (Å²) in [6.07, 6.45) is 5.79. The summed E-state index contributed by atoms with van der Waals surface area (Å²) in [4.78, 5) is 30.4. The second-order valence-electron chi connectivity index (χ2n) is 8.09. The minimum atomic E-state index is -0.502. The Bertz CT molecular complexity index is 1250. The lowest BCUT2D eigenvalue weighted by Crippen LogP contribution is -2.38. The van der Waals surface area contributed by atoms with Gasteiger partial charge in [0.05, 0.1) is 17.8 Å². The lowest BCUT2D eigenvalue weighted by molar-refractivity contribution is 0.0898. The molecule has 0 aliphatic heterocycles. The van der Waals surface area contributed by atoms with E-state index in [1.807, 2.05) is 6.07 Å². The van der Waals surface area contributed by atoms with Crippen molar-refractivity contribution in [1.29, 1.82) is 5.26 Å². The third kappa shape index (κ3) is 3.94. The first-order chi connectivity index (χ1) is 15.4. The highest BCUT2D eigenvalue weighted by atomic mass is 19.1. The minimum absolute atomic E-state index is 0.00283. The van der Waals surface area contributed by atoms with Crippen LogP contribution < -0.4 is 10.9 Å². The van der Waals surface area contributed by atoms with Gasteiger partial charge in [0.1, 0.15) is 30.3 Å². The fraction of sp³-hybridized carbons (Fsp3) is 0.333. The number of rotatable bonds is 6. The molecule has 3 aromatic rings. The van der Waals surface area contributed by atoms with Crippen molar-refractivity contribution in [2.24, 2.45) is 5.92 Å². The number of halogens is 1. The number of carbonyl (C=O) groups excluding carboxylic acids is 1. The Morgan fingerprint density at radius 3 is 2.78 bits per heavy atom. The molecule has 164 valence electrons. The van der Waals surface area contributed by atoms with Crippen LogP contribution in [-0.2, 0) is 6.54 Å². The van der Waals surface area contributed by atoms with E-state index in [-0.39, 0.29) is 35.4 Å². The van der Waals surface area contributed by atoms with E-state index in [4.69, 9.17) is 4.42 Å². The van der Waals surface area contributed by atoms with Crippen molar-refractivity contribution in [3.8, 4) is 6.07 Å². The van der Waals surface area contributed by atoms with E-state index in [9.17, 15) is 19.2 Å². The van der Waals surface area contributed by atoms with Crippen molar-refractivity contribution in [1.82, 2.24) is 14.9 Å². The molecule has 0 saturated heterocycles. The van der Waals surface area contributed by atoms with Gasteiger partial charge in [0.2, 0.25) is 5.89 Å². The van der Waals surface area contributed by atoms with Crippen molar-refractivity contribution >= 4 is 5.91 Å². The van der Waals surface area contributed by atoms with Crippen molar-refractivity contribution in [2.75, 3.05) is 0 Å². The highest BCUT2D eigenvalue weighted by molar-refractivity contribution is 5.97. The number of nitrogens with zero attached hydrogens (tertiary/aromatic N) is 3. The Kier molecular flexibility index (Phi) is 5.91. The van der Waals surface area contributed by atoms with Gasteiger partial charge >= 0.3 is 0 Å². The van der Waals surface area contributed by atoms with E-state index < -0.39 is 11.5 Å². The van der Waals surface area contributed by atoms with Gasteiger partial charge in [-0.15, -0.1) is 0 Å². The highest BCUT2D eigenvalue weighted by Gasteiger charge is 2.32. The van der Waals surface area contributed by atoms with Crippen LogP contribution in [0.3, 0.4) is 0 Å². The number of hydrogen-bond donors (Lipinski definition) is 1. The molecule has 0 radical (unpaired) electrons. The summed E-state index contributed by atoms with van der Waals surface area (Å²) >= 11 is 0. The molecule has 4 rings (SSSR count). The fourth-order valence-corrected chi connectivity index (χ4v) is 4.26. The number of carbonyl (C=O) groups is 1. The smallest absolute Gasteiger partial charge is 0.269 e. The Hall–Kier alpha value is -3.73. The monoisotopic (exact) mass is 434 g/mol. The Labute approximate surface area is 184 Å². The van der Waals surface area contributed by atoms with Gasteiger partial charge in [-0.25, -0.2) is 9.37 Å². The van der Waals surface area contributed by atoms with Crippen LogP contribution in [0.5, 0.6) is 0 Å². The number of benzene rings is 1. The molecule has 0 unspecified atom stereocenters. The van der Waals surface area contributed by atoms with Gasteiger partial charge in [0.15, 0.2) is 0 Å². The molecule has 0 bridgehead atoms. The molecule has 1 aliphatic rings. The largest absolute Gasteiger partial charge is 0.447 e. The van der Waals surface area contributed by atoms with E-state index >= 15 is 0 Å². The van der Waals surface area contributed by atoms with Gasteiger partial charge in [0.25, 0.3) is 11.5 Å². The Balaban J connectivity index is 1.75. The van der Waals surface area contributed by atoms with Crippen LogP contribution in [0.25, 0.3) is 0 Å². The van der Waals surface area contributed by atoms with Crippen molar-refractivity contribution < 1.29 is 13.6 Å². The summed E-state index contributed by atoms with van der Waals surface area (Å²) < 4.78 is 20.5. The van der Waals surface area contributed by atoms with Crippen molar-refractivity contribution in [3.63, 3.8) is 0 Å². The van der Waals surface area contributed by atoms with E-state index in [0.717, 1.165) is 19.3 Å². The number of nitriles is 1. The number of nitrogens with one attached hydrogen (secondary N) is 1. The molecule has 1 atom stereocenters. The predicted octanol–water partition coefficient (Wildman–Crippen LogP) is 3.78. The quantitative estimate of drug-likeness (QED) is 0.636. The average molecular weight is 434 g/mol. The number of oxazole rings is 1. The molecule has 2 heterocycles. The molecule has 0 spiro atoms. The standard InChI is InChI=1S/C24H23FN4O3/c1-14-19(12-26)24(31)29(13-20-27-9-10-32-20)15(2)21(14)23(30)28-22(16-5-3-6-16)17-7-4-8-18(25)11-17/h4,7-11,16,22H,3,5-6,13H2,1-2H3,(H,28,30)/t22-/m0/s1. The third-order valence-corrected chi connectivity index (χ3v) is 6.21. The van der Waals surface area contributed by atoms with E-state index in [2.05, 4.69) is 10.3 Å². The average Bonchev–Trinajstić information content (AvgIpc) is 3.23. The Morgan fingerprint density at radius 1 is 1.41 bits per heavy atom. The zero-order valence-corrected chi connectivity index (χ0v) is 17.9. The first-order valence-corrected chi connectivity index (χ1v) is 10.5. The summed E-state index contributed by atoms with van der Waals surface area (Å²) in [5.74, 6) is -0.269. The molecule has 1 fully saturated rings. The highest BCUT2D eigenvalue weighted by Crippen LogP contribution is 2.38. The zero-order chi connectivity index (χ0) is 22.8. The molecule has 7 nitrogen and oxygen atoms in total. The maximum atomic E-state index is 13.9. The summed E-state index contributed by atoms with van der Waals surface area (Å²) in [7, 11) is 0. The van der Waals surface area contributed by atoms with Gasteiger partial charge in [-0.3, -0.25) is 9.59 Å². The lowest BCUT2D eigenvalue weighted by Gasteiger charge is -2.35. The summed E-state index contributed by atoms with van der Waals surface area (Å²) in [6.45, 7) is 3.26. The van der Waals surface area contributed by atoms with Gasteiger partial charge in [0, 0.05) is 5.69 Å². The van der Waals surface area contributed by atoms with Crippen LogP contribution in [0.4, 0.5) is 4.39 Å². The van der Waals surface area contributed by atoms with E-state index in [1.54, 1.807) is 26.0 Å². The minimum Gasteiger partial charge on any atom is -0.447 e. The zero-order valence-electron chi connectivity index (χ0n) is 17.9. The van der Waals surface area contributed by atoms with Crippen LogP contribution in [0.2, 0.25) is 0 Å². The van der Waals surface area contributed by atoms with Gasteiger partial charge in [-0.05, 0) is 55.9 Å². The van der Waals surface area contributed by atoms with Crippen molar-refractivity contribution in [3.05, 3.63) is 86.7 Å². The summed E-state index contributed by atoms with van der Waals surface area (Å²) in [5.41, 5.74) is 1.09. The molecule has 2 aromatic heterocycles. The first-order valence-electron chi connectivity index (χ1n) is 10.5. The van der Waals surface area contributed by atoms with Crippen LogP contribution >= 0.6 is 0 Å². The lowest BCUT2D eigenvalue weighted by atomic mass is 9.77. The molecule has 1 N–H and O–H groups in total. The fourth-order valence-electron chi connectivity index (χ4n) is 4.26. The molecule has 1 aromatic carbocycles. The van der Waals surface area contributed by atoms with E-state index in [1.165, 1.54) is 29.2 Å². The SMILES string of the molecule is Cc1c(C(=O)N[C@H](c2cccc(F)c2)C2CCC2)c(C)n(Cc2ncco2)c(=O)c1C#N. The second-order valence-corrected chi connectivity index (χ2v) is 8.09. The summed E-state index contributed by atoms with van der Waals surface area (Å²) in [5, 5.41) is 12.6. The second kappa shape index (κ2) is 8.79. The first kappa shape index (κ1) is 21.5. The maximum absolute atomic E-state index is 13.9. The van der Waals surface area contributed by atoms with Crippen LogP contribution in [-0.4, -0.2) is 15.5 Å². The van der Waals surface area contributed by atoms with Gasteiger partial charge < -0.3 is 14.3 Å². The van der Waals surface area contributed by atoms with Crippen LogP contribution in [0.1, 0.15) is 63.9 Å². The van der Waals surface area contributed by atoms with Crippen molar-refractivity contribution in [2.45, 2.75) is 45.7 Å². The Morgan fingerprint density at radius 2 is 2.19 bits per heavy atom. The van der Waals surface area contributed by atoms with Gasteiger partial charge in [-0.1, -0.05) is 18.6 Å². The molecule has 8 heteroatoms. The normalized spacial score (nSPS) is 14.4. The van der Waals surface area contributed by atoms with E-state index in [0.29, 0.717) is 22.7 Å². The van der Waals surface area contributed by atoms with Crippen LogP contribution in [0, 0.1) is 36.9 Å². The predicted molar refractivity (Wildman–Crippen MR) is 114 cm³/mol. The molecular formula is C24H23FN4O3. The number of pyridine rings is 1.